The van der Waals surface area contributed by atoms with Gasteiger partial charge in [0.25, 0.3) is 0 Å². The fourth-order valence-electron chi connectivity index (χ4n) is 2.43. The number of hydrogen-bond donors (Lipinski definition) is 0. The van der Waals surface area contributed by atoms with Crippen LogP contribution in [0.25, 0.3) is 16.9 Å². The second kappa shape index (κ2) is 7.67. The van der Waals surface area contributed by atoms with Gasteiger partial charge in [0, 0.05) is 35.7 Å². The van der Waals surface area contributed by atoms with Crippen LogP contribution in [0.5, 0.6) is 0 Å². The van der Waals surface area contributed by atoms with Crippen LogP contribution in [0.2, 0.25) is 5.02 Å². The molecule has 0 saturated carbocycles. The number of rotatable bonds is 5. The molecule has 0 fully saturated rings. The van der Waals surface area contributed by atoms with E-state index in [1.54, 1.807) is 16.0 Å². The summed E-state index contributed by atoms with van der Waals surface area (Å²) in [7, 11) is 4.02. The fourth-order valence-corrected chi connectivity index (χ4v) is 4.28. The molecule has 0 bridgehead atoms. The number of nitrogens with zero attached hydrogens (tertiary/aromatic N) is 6. The van der Waals surface area contributed by atoms with E-state index in [1.807, 2.05) is 72.9 Å². The van der Waals surface area contributed by atoms with E-state index in [2.05, 4.69) is 20.5 Å². The topological polar surface area (TPSA) is 59.7 Å². The number of hydrogen-bond acceptors (Lipinski definition) is 7. The van der Waals surface area contributed by atoms with Gasteiger partial charge in [0.05, 0.1) is 11.4 Å². The molecule has 2 aromatic heterocycles. The molecule has 0 aliphatic carbocycles. The van der Waals surface area contributed by atoms with Gasteiger partial charge >= 0.3 is 0 Å². The van der Waals surface area contributed by atoms with Crippen molar-refractivity contribution >= 4 is 40.4 Å². The summed E-state index contributed by atoms with van der Waals surface area (Å²) >= 11 is 8.96. The van der Waals surface area contributed by atoms with Gasteiger partial charge in [-0.05, 0) is 58.6 Å². The van der Waals surface area contributed by atoms with Crippen molar-refractivity contribution < 1.29 is 0 Å². The van der Waals surface area contributed by atoms with Gasteiger partial charge in [0.15, 0.2) is 4.34 Å². The molecular weight excluding hydrogens is 400 g/mol. The van der Waals surface area contributed by atoms with E-state index in [1.165, 1.54) is 11.8 Å². The molecule has 0 atom stereocenters. The van der Waals surface area contributed by atoms with Crippen molar-refractivity contribution in [3.63, 3.8) is 0 Å². The molecule has 2 heterocycles. The Labute approximate surface area is 169 Å². The van der Waals surface area contributed by atoms with Crippen molar-refractivity contribution in [3.05, 3.63) is 58.9 Å². The first kappa shape index (κ1) is 18.0. The van der Waals surface area contributed by atoms with E-state index in [0.29, 0.717) is 10.2 Å². The number of aromatic nitrogens is 5. The molecule has 2 aromatic carbocycles. The maximum atomic E-state index is 5.95. The van der Waals surface area contributed by atoms with E-state index < -0.39 is 0 Å². The third-order valence-corrected chi connectivity index (χ3v) is 5.98. The highest BCUT2D eigenvalue weighted by molar-refractivity contribution is 8.00. The minimum Gasteiger partial charge on any atom is -0.378 e. The second-order valence-electron chi connectivity index (χ2n) is 5.89. The minimum atomic E-state index is 0.671. The summed E-state index contributed by atoms with van der Waals surface area (Å²) in [4.78, 5) is 6.73. The molecule has 0 saturated heterocycles. The zero-order valence-electron chi connectivity index (χ0n) is 14.6. The first-order chi connectivity index (χ1) is 13.1. The summed E-state index contributed by atoms with van der Waals surface area (Å²) in [6.45, 7) is 0. The number of tetrazole rings is 1. The Bertz CT molecular complexity index is 1040. The third-order valence-electron chi connectivity index (χ3n) is 3.85. The number of halogens is 1. The van der Waals surface area contributed by atoms with Crippen molar-refractivity contribution in [2.45, 2.75) is 9.50 Å². The van der Waals surface area contributed by atoms with Gasteiger partial charge in [-0.2, -0.15) is 4.68 Å². The maximum absolute atomic E-state index is 5.95. The van der Waals surface area contributed by atoms with Crippen LogP contribution in [-0.4, -0.2) is 39.3 Å². The van der Waals surface area contributed by atoms with Crippen LogP contribution in [-0.2, 0) is 0 Å². The molecular formula is C18H15ClN6S2. The zero-order chi connectivity index (χ0) is 18.8. The van der Waals surface area contributed by atoms with Crippen LogP contribution in [0.3, 0.4) is 0 Å². The Balaban J connectivity index is 1.56. The number of thiazole rings is 1. The molecule has 9 heteroatoms. The summed E-state index contributed by atoms with van der Waals surface area (Å²) in [5.41, 5.74) is 3.96. The Kier molecular flexibility index (Phi) is 5.11. The molecule has 4 rings (SSSR count). The summed E-state index contributed by atoms with van der Waals surface area (Å²) in [5, 5.41) is 15.5. The molecule has 0 unspecified atom stereocenters. The lowest BCUT2D eigenvalue weighted by Gasteiger charge is -2.12. The van der Waals surface area contributed by atoms with Crippen LogP contribution < -0.4 is 4.90 Å². The molecule has 0 aliphatic heterocycles. The van der Waals surface area contributed by atoms with Crippen molar-refractivity contribution in [1.82, 2.24) is 25.2 Å². The number of benzene rings is 2. The highest BCUT2D eigenvalue weighted by Gasteiger charge is 2.13. The Morgan fingerprint density at radius 2 is 1.78 bits per heavy atom. The smallest absolute Gasteiger partial charge is 0.221 e. The molecule has 0 radical (unpaired) electrons. The van der Waals surface area contributed by atoms with Crippen LogP contribution in [0.1, 0.15) is 0 Å². The second-order valence-corrected chi connectivity index (χ2v) is 8.40. The van der Waals surface area contributed by atoms with Crippen LogP contribution >= 0.6 is 34.7 Å². The SMILES string of the molecule is CN(C)c1ccc(-n2nnnc2Sc2nc(-c3ccc(Cl)cc3)cs2)cc1. The normalized spacial score (nSPS) is 10.9. The maximum Gasteiger partial charge on any atom is 0.221 e. The summed E-state index contributed by atoms with van der Waals surface area (Å²) in [5.74, 6) is 0. The largest absolute Gasteiger partial charge is 0.378 e. The molecule has 0 spiro atoms. The summed E-state index contributed by atoms with van der Waals surface area (Å²) in [6, 6.07) is 15.7. The van der Waals surface area contributed by atoms with E-state index >= 15 is 0 Å². The fraction of sp³-hybridized carbons (Fsp3) is 0.111. The minimum absolute atomic E-state index is 0.671. The van der Waals surface area contributed by atoms with Gasteiger partial charge in [-0.3, -0.25) is 0 Å². The van der Waals surface area contributed by atoms with Gasteiger partial charge in [0.1, 0.15) is 0 Å². The number of anilines is 1. The summed E-state index contributed by atoms with van der Waals surface area (Å²) < 4.78 is 2.59. The predicted octanol–water partition coefficient (Wildman–Crippen LogP) is 4.66. The van der Waals surface area contributed by atoms with Crippen LogP contribution in [0.4, 0.5) is 5.69 Å². The third kappa shape index (κ3) is 3.97. The lowest BCUT2D eigenvalue weighted by molar-refractivity contribution is 0.756. The van der Waals surface area contributed by atoms with Gasteiger partial charge in [-0.25, -0.2) is 4.98 Å². The van der Waals surface area contributed by atoms with E-state index in [9.17, 15) is 0 Å². The first-order valence-electron chi connectivity index (χ1n) is 8.05. The van der Waals surface area contributed by atoms with Gasteiger partial charge < -0.3 is 4.90 Å². The molecule has 4 aromatic rings. The lowest BCUT2D eigenvalue weighted by Crippen LogP contribution is -2.08. The predicted molar refractivity (Wildman–Crippen MR) is 110 cm³/mol. The van der Waals surface area contributed by atoms with Gasteiger partial charge in [-0.1, -0.05) is 23.7 Å². The van der Waals surface area contributed by atoms with Crippen molar-refractivity contribution in [2.75, 3.05) is 19.0 Å². The van der Waals surface area contributed by atoms with Crippen molar-refractivity contribution in [3.8, 4) is 16.9 Å². The summed E-state index contributed by atoms with van der Waals surface area (Å²) in [6.07, 6.45) is 0. The standard InChI is InChI=1S/C18H15ClN6S2/c1-24(2)14-7-9-15(10-8-14)25-17(21-22-23-25)27-18-20-16(11-26-18)12-3-5-13(19)6-4-12/h3-11H,1-2H3. The van der Waals surface area contributed by atoms with E-state index in [0.717, 1.165) is 27.0 Å². The molecule has 0 aliphatic rings. The van der Waals surface area contributed by atoms with Crippen molar-refractivity contribution in [1.29, 1.82) is 0 Å². The van der Waals surface area contributed by atoms with Gasteiger partial charge in [-0.15, -0.1) is 16.4 Å². The van der Waals surface area contributed by atoms with Gasteiger partial charge in [0.2, 0.25) is 5.16 Å². The Morgan fingerprint density at radius 3 is 2.48 bits per heavy atom. The highest BCUT2D eigenvalue weighted by atomic mass is 35.5. The molecule has 0 N–H and O–H groups in total. The quantitative estimate of drug-likeness (QED) is 0.473. The highest BCUT2D eigenvalue weighted by Crippen LogP contribution is 2.33. The van der Waals surface area contributed by atoms with Crippen LogP contribution in [0, 0.1) is 0 Å². The first-order valence-corrected chi connectivity index (χ1v) is 10.1. The molecule has 6 nitrogen and oxygen atoms in total. The van der Waals surface area contributed by atoms with Crippen LogP contribution in [0.15, 0.2) is 63.4 Å². The van der Waals surface area contributed by atoms with Crippen molar-refractivity contribution in [2.24, 2.45) is 0 Å². The van der Waals surface area contributed by atoms with E-state index in [4.69, 9.17) is 11.6 Å². The average molecular weight is 415 g/mol. The average Bonchev–Trinajstić information content (AvgIpc) is 3.32. The van der Waals surface area contributed by atoms with E-state index in [-0.39, 0.29) is 0 Å². The Morgan fingerprint density at radius 1 is 1.04 bits per heavy atom. The Hall–Kier alpha value is -2.42. The molecule has 136 valence electrons. The molecule has 27 heavy (non-hydrogen) atoms. The lowest BCUT2D eigenvalue weighted by atomic mass is 10.2. The molecule has 0 amide bonds. The zero-order valence-corrected chi connectivity index (χ0v) is 17.0. The monoisotopic (exact) mass is 414 g/mol.